The normalized spacial score (nSPS) is 15.8. The number of hydrogen-bond acceptors (Lipinski definition) is 1. The van der Waals surface area contributed by atoms with Crippen molar-refractivity contribution in [3.63, 3.8) is 0 Å². The first kappa shape index (κ1) is 14.0. The molecule has 110 valence electrons. The van der Waals surface area contributed by atoms with E-state index in [1.807, 2.05) is 18.2 Å². The van der Waals surface area contributed by atoms with E-state index in [0.29, 0.717) is 11.5 Å². The molecule has 2 aromatic carbocycles. The fraction of sp³-hybridized carbons (Fsp3) is 0.294. The van der Waals surface area contributed by atoms with E-state index >= 15 is 0 Å². The number of benzene rings is 2. The molecule has 0 radical (unpaired) electrons. The molecular weight excluding hydrogens is 275 g/mol. The van der Waals surface area contributed by atoms with Crippen LogP contribution in [0, 0.1) is 0 Å². The zero-order valence-corrected chi connectivity index (χ0v) is 11.5. The summed E-state index contributed by atoms with van der Waals surface area (Å²) in [4.78, 5) is 0. The summed E-state index contributed by atoms with van der Waals surface area (Å²) >= 11 is 0. The van der Waals surface area contributed by atoms with Gasteiger partial charge in [0.15, 0.2) is 0 Å². The maximum Gasteiger partial charge on any atom is 0.416 e. The van der Waals surface area contributed by atoms with Crippen molar-refractivity contribution >= 4 is 5.69 Å². The predicted molar refractivity (Wildman–Crippen MR) is 77.9 cm³/mol. The lowest BCUT2D eigenvalue weighted by atomic mass is 9.79. The summed E-state index contributed by atoms with van der Waals surface area (Å²) in [6.45, 7) is 0. The zero-order valence-electron chi connectivity index (χ0n) is 11.5. The maximum absolute atomic E-state index is 12.7. The predicted octanol–water partition coefficient (Wildman–Crippen LogP) is 5.22. The lowest BCUT2D eigenvalue weighted by molar-refractivity contribution is -0.137. The van der Waals surface area contributed by atoms with Crippen LogP contribution in [0.2, 0.25) is 0 Å². The number of alkyl halides is 3. The van der Waals surface area contributed by atoms with Gasteiger partial charge in [0.05, 0.1) is 5.56 Å². The molecule has 0 saturated heterocycles. The van der Waals surface area contributed by atoms with Gasteiger partial charge in [-0.05, 0) is 42.0 Å². The van der Waals surface area contributed by atoms with Crippen LogP contribution >= 0.6 is 0 Å². The van der Waals surface area contributed by atoms with Gasteiger partial charge in [-0.1, -0.05) is 36.8 Å². The molecule has 1 saturated carbocycles. The van der Waals surface area contributed by atoms with Crippen LogP contribution < -0.4 is 5.73 Å². The van der Waals surface area contributed by atoms with Crippen LogP contribution in [0.25, 0.3) is 11.1 Å². The smallest absolute Gasteiger partial charge is 0.398 e. The first-order valence-electron chi connectivity index (χ1n) is 7.02. The van der Waals surface area contributed by atoms with Crippen molar-refractivity contribution in [2.45, 2.75) is 31.4 Å². The molecule has 0 unspecified atom stereocenters. The monoisotopic (exact) mass is 291 g/mol. The van der Waals surface area contributed by atoms with Crippen LogP contribution in [0.3, 0.4) is 0 Å². The average Bonchev–Trinajstić information content (AvgIpc) is 2.36. The minimum atomic E-state index is -4.36. The van der Waals surface area contributed by atoms with E-state index in [0.717, 1.165) is 17.7 Å². The Hall–Kier alpha value is -1.97. The van der Waals surface area contributed by atoms with E-state index in [2.05, 4.69) is 6.07 Å². The van der Waals surface area contributed by atoms with Gasteiger partial charge in [-0.15, -0.1) is 0 Å². The van der Waals surface area contributed by atoms with E-state index in [9.17, 15) is 13.2 Å². The number of halogens is 3. The molecule has 4 heteroatoms. The zero-order chi connectivity index (χ0) is 15.0. The number of nitrogen functional groups attached to an aromatic ring is 1. The highest BCUT2D eigenvalue weighted by atomic mass is 19.4. The van der Waals surface area contributed by atoms with Gasteiger partial charge in [-0.3, -0.25) is 0 Å². The summed E-state index contributed by atoms with van der Waals surface area (Å²) in [5.74, 6) is 0.584. The molecule has 0 heterocycles. The Balaban J connectivity index is 1.97. The van der Waals surface area contributed by atoms with Crippen LogP contribution in [-0.2, 0) is 6.18 Å². The number of rotatable bonds is 2. The van der Waals surface area contributed by atoms with Crippen molar-refractivity contribution in [3.05, 3.63) is 53.6 Å². The SMILES string of the molecule is Nc1cc(C(F)(F)F)ccc1-c1cccc(C2CCC2)c1. The third kappa shape index (κ3) is 2.75. The summed E-state index contributed by atoms with van der Waals surface area (Å²) < 4.78 is 38.0. The van der Waals surface area contributed by atoms with Crippen molar-refractivity contribution in [2.75, 3.05) is 5.73 Å². The number of anilines is 1. The van der Waals surface area contributed by atoms with Crippen LogP contribution in [0.4, 0.5) is 18.9 Å². The third-order valence-corrected chi connectivity index (χ3v) is 4.15. The summed E-state index contributed by atoms with van der Waals surface area (Å²) in [6.07, 6.45) is -0.740. The first-order valence-corrected chi connectivity index (χ1v) is 7.02. The highest BCUT2D eigenvalue weighted by Gasteiger charge is 2.30. The van der Waals surface area contributed by atoms with Crippen LogP contribution in [0.5, 0.6) is 0 Å². The molecule has 1 fully saturated rings. The van der Waals surface area contributed by atoms with Crippen molar-refractivity contribution in [1.82, 2.24) is 0 Å². The third-order valence-electron chi connectivity index (χ3n) is 4.15. The molecule has 2 N–H and O–H groups in total. The average molecular weight is 291 g/mol. The number of nitrogens with two attached hydrogens (primary N) is 1. The van der Waals surface area contributed by atoms with E-state index < -0.39 is 11.7 Å². The molecule has 0 bridgehead atoms. The molecule has 1 aliphatic rings. The quantitative estimate of drug-likeness (QED) is 0.754. The van der Waals surface area contributed by atoms with E-state index in [4.69, 9.17) is 5.73 Å². The first-order chi connectivity index (χ1) is 9.95. The summed E-state index contributed by atoms with van der Waals surface area (Å²) in [7, 11) is 0. The van der Waals surface area contributed by atoms with Crippen molar-refractivity contribution < 1.29 is 13.2 Å². The van der Waals surface area contributed by atoms with Crippen molar-refractivity contribution in [1.29, 1.82) is 0 Å². The molecule has 1 nitrogen and oxygen atoms in total. The Morgan fingerprint density at radius 3 is 2.33 bits per heavy atom. The Morgan fingerprint density at radius 2 is 1.76 bits per heavy atom. The fourth-order valence-electron chi connectivity index (χ4n) is 2.70. The largest absolute Gasteiger partial charge is 0.416 e. The maximum atomic E-state index is 12.7. The second-order valence-corrected chi connectivity index (χ2v) is 5.55. The number of hydrogen-bond donors (Lipinski definition) is 1. The van der Waals surface area contributed by atoms with Gasteiger partial charge in [-0.2, -0.15) is 13.2 Å². The van der Waals surface area contributed by atoms with E-state index in [1.54, 1.807) is 0 Å². The van der Waals surface area contributed by atoms with Gasteiger partial charge in [0.25, 0.3) is 0 Å². The second-order valence-electron chi connectivity index (χ2n) is 5.55. The Morgan fingerprint density at radius 1 is 1.00 bits per heavy atom. The summed E-state index contributed by atoms with van der Waals surface area (Å²) in [5, 5.41) is 0. The lowest BCUT2D eigenvalue weighted by Crippen LogP contribution is -2.08. The molecule has 0 spiro atoms. The summed E-state index contributed by atoms with van der Waals surface area (Å²) in [5.41, 5.74) is 8.06. The minimum absolute atomic E-state index is 0.163. The van der Waals surface area contributed by atoms with E-state index in [1.165, 1.54) is 30.9 Å². The Kier molecular flexibility index (Phi) is 3.40. The van der Waals surface area contributed by atoms with Crippen LogP contribution in [0.15, 0.2) is 42.5 Å². The second kappa shape index (κ2) is 5.10. The molecule has 21 heavy (non-hydrogen) atoms. The van der Waals surface area contributed by atoms with Gasteiger partial charge in [0.1, 0.15) is 0 Å². The molecule has 3 rings (SSSR count). The molecule has 0 aromatic heterocycles. The highest BCUT2D eigenvalue weighted by Crippen LogP contribution is 2.39. The summed E-state index contributed by atoms with van der Waals surface area (Å²) in [6, 6.07) is 11.5. The lowest BCUT2D eigenvalue weighted by Gasteiger charge is -2.26. The van der Waals surface area contributed by atoms with Gasteiger partial charge >= 0.3 is 6.18 Å². The minimum Gasteiger partial charge on any atom is -0.398 e. The molecular formula is C17H16F3N. The Bertz CT molecular complexity index is 657. The van der Waals surface area contributed by atoms with Gasteiger partial charge in [0.2, 0.25) is 0 Å². The molecule has 0 aliphatic heterocycles. The molecule has 2 aromatic rings. The van der Waals surface area contributed by atoms with Crippen LogP contribution in [0.1, 0.15) is 36.3 Å². The van der Waals surface area contributed by atoms with Crippen molar-refractivity contribution in [2.24, 2.45) is 0 Å². The standard InChI is InChI=1S/C17H16F3N/c18-17(19,20)14-7-8-15(16(21)10-14)13-6-2-5-12(9-13)11-3-1-4-11/h2,5-11H,1,3-4,21H2. The topological polar surface area (TPSA) is 26.0 Å². The van der Waals surface area contributed by atoms with Gasteiger partial charge < -0.3 is 5.73 Å². The Labute approximate surface area is 121 Å². The van der Waals surface area contributed by atoms with Gasteiger partial charge in [-0.25, -0.2) is 0 Å². The van der Waals surface area contributed by atoms with E-state index in [-0.39, 0.29) is 5.69 Å². The fourth-order valence-corrected chi connectivity index (χ4v) is 2.70. The van der Waals surface area contributed by atoms with Crippen molar-refractivity contribution in [3.8, 4) is 11.1 Å². The van der Waals surface area contributed by atoms with Crippen LogP contribution in [-0.4, -0.2) is 0 Å². The highest BCUT2D eigenvalue weighted by molar-refractivity contribution is 5.77. The molecule has 1 aliphatic carbocycles. The van der Waals surface area contributed by atoms with Gasteiger partial charge in [0, 0.05) is 11.3 Å². The molecule has 0 amide bonds. The molecule has 0 atom stereocenters.